The molecule has 1 aromatic heterocycles. The van der Waals surface area contributed by atoms with E-state index < -0.39 is 5.63 Å². The highest BCUT2D eigenvalue weighted by molar-refractivity contribution is 5.85. The van der Waals surface area contributed by atoms with Gasteiger partial charge in [-0.15, -0.1) is 0 Å². The molecule has 4 heteroatoms. The van der Waals surface area contributed by atoms with Crippen LogP contribution in [0.5, 0.6) is 5.75 Å². The molecule has 1 aliphatic rings. The van der Waals surface area contributed by atoms with Gasteiger partial charge in [0.25, 0.3) is 0 Å². The predicted octanol–water partition coefficient (Wildman–Crippen LogP) is 2.73. The summed E-state index contributed by atoms with van der Waals surface area (Å²) < 4.78 is 5.24. The minimum Gasteiger partial charge on any atom is -0.507 e. The smallest absolute Gasteiger partial charge is 0.343 e. The van der Waals surface area contributed by atoms with Crippen LogP contribution in [0.2, 0.25) is 0 Å². The van der Waals surface area contributed by atoms with Gasteiger partial charge >= 0.3 is 5.63 Å². The molecule has 4 nitrogen and oxygen atoms in total. The normalized spacial score (nSPS) is 19.8. The molecule has 2 aromatic rings. The molecule has 19 heavy (non-hydrogen) atoms. The number of Topliss-reactive ketones (excluding diaryl/α,β-unsaturated/α-hetero) is 1. The quantitative estimate of drug-likeness (QED) is 0.798. The molecule has 0 bridgehead atoms. The largest absolute Gasteiger partial charge is 0.507 e. The van der Waals surface area contributed by atoms with Gasteiger partial charge < -0.3 is 9.52 Å². The monoisotopic (exact) mass is 258 g/mol. The van der Waals surface area contributed by atoms with E-state index >= 15 is 0 Å². The summed E-state index contributed by atoms with van der Waals surface area (Å²) in [5.74, 6) is -0.114. The van der Waals surface area contributed by atoms with Crippen molar-refractivity contribution in [3.63, 3.8) is 0 Å². The van der Waals surface area contributed by atoms with Crippen LogP contribution < -0.4 is 5.63 Å². The van der Waals surface area contributed by atoms with E-state index in [9.17, 15) is 14.7 Å². The van der Waals surface area contributed by atoms with E-state index in [-0.39, 0.29) is 23.0 Å². The van der Waals surface area contributed by atoms with Crippen LogP contribution >= 0.6 is 0 Å². The number of aromatic hydroxyl groups is 1. The first kappa shape index (κ1) is 12.0. The first-order valence-electron chi connectivity index (χ1n) is 6.43. The number of rotatable bonds is 1. The van der Waals surface area contributed by atoms with Gasteiger partial charge in [-0.1, -0.05) is 12.1 Å². The first-order chi connectivity index (χ1) is 9.16. The number of carbonyl (C=O) groups excluding carboxylic acids is 1. The zero-order valence-electron chi connectivity index (χ0n) is 10.4. The van der Waals surface area contributed by atoms with Crippen LogP contribution in [0.15, 0.2) is 33.5 Å². The van der Waals surface area contributed by atoms with Gasteiger partial charge in [-0.2, -0.15) is 0 Å². The van der Waals surface area contributed by atoms with Crippen LogP contribution in [-0.4, -0.2) is 10.9 Å². The molecule has 98 valence electrons. The van der Waals surface area contributed by atoms with Crippen LogP contribution in [0.1, 0.15) is 37.2 Å². The Balaban J connectivity index is 2.18. The summed E-state index contributed by atoms with van der Waals surface area (Å²) in [6.07, 6.45) is 2.38. The van der Waals surface area contributed by atoms with E-state index in [1.54, 1.807) is 24.3 Å². The second kappa shape index (κ2) is 4.53. The number of ketones is 1. The standard InChI is InChI=1S/C15H14O4/c16-10-5-3-4-9(8-10)13-14(17)11-6-1-2-7-12(11)19-15(13)18/h1-2,6-7,9,17H,3-5,8H2/t9-/m0/s1. The van der Waals surface area contributed by atoms with Crippen LogP contribution in [0, 0.1) is 0 Å². The minimum absolute atomic E-state index is 0.0356. The van der Waals surface area contributed by atoms with E-state index in [0.29, 0.717) is 23.8 Å². The lowest BCUT2D eigenvalue weighted by atomic mass is 9.83. The summed E-state index contributed by atoms with van der Waals surface area (Å²) in [7, 11) is 0. The number of fused-ring (bicyclic) bond motifs is 1. The Kier molecular flexibility index (Phi) is 2.85. The van der Waals surface area contributed by atoms with Crippen LogP contribution in [0.4, 0.5) is 0 Å². The van der Waals surface area contributed by atoms with Crippen molar-refractivity contribution in [3.05, 3.63) is 40.2 Å². The molecule has 1 heterocycles. The Labute approximate surface area is 109 Å². The van der Waals surface area contributed by atoms with Crippen molar-refractivity contribution >= 4 is 16.8 Å². The molecule has 1 fully saturated rings. The Morgan fingerprint density at radius 3 is 2.79 bits per heavy atom. The zero-order valence-corrected chi connectivity index (χ0v) is 10.4. The van der Waals surface area contributed by atoms with Crippen molar-refractivity contribution in [3.8, 4) is 5.75 Å². The summed E-state index contributed by atoms with van der Waals surface area (Å²) >= 11 is 0. The molecule has 0 saturated heterocycles. The molecule has 0 spiro atoms. The zero-order chi connectivity index (χ0) is 13.4. The van der Waals surface area contributed by atoms with E-state index in [1.165, 1.54) is 0 Å². The van der Waals surface area contributed by atoms with Crippen LogP contribution in [0.25, 0.3) is 11.0 Å². The van der Waals surface area contributed by atoms with Crippen molar-refractivity contribution in [1.82, 2.24) is 0 Å². The Morgan fingerprint density at radius 2 is 2.00 bits per heavy atom. The third kappa shape index (κ3) is 2.03. The summed E-state index contributed by atoms with van der Waals surface area (Å²) in [6.45, 7) is 0. The fourth-order valence-corrected chi connectivity index (χ4v) is 2.78. The Morgan fingerprint density at radius 1 is 1.21 bits per heavy atom. The van der Waals surface area contributed by atoms with Crippen molar-refractivity contribution in [2.45, 2.75) is 31.6 Å². The number of hydrogen-bond acceptors (Lipinski definition) is 4. The lowest BCUT2D eigenvalue weighted by molar-refractivity contribution is -0.120. The Bertz CT molecular complexity index is 699. The van der Waals surface area contributed by atoms with Gasteiger partial charge in [0.15, 0.2) is 0 Å². The highest BCUT2D eigenvalue weighted by Gasteiger charge is 2.27. The molecule has 0 radical (unpaired) electrons. The van der Waals surface area contributed by atoms with Gasteiger partial charge in [-0.05, 0) is 25.0 Å². The molecule has 1 aromatic carbocycles. The van der Waals surface area contributed by atoms with Gasteiger partial charge in [0.1, 0.15) is 17.1 Å². The molecule has 1 atom stereocenters. The maximum absolute atomic E-state index is 12.0. The molecule has 0 amide bonds. The van der Waals surface area contributed by atoms with E-state index in [4.69, 9.17) is 4.42 Å². The fraction of sp³-hybridized carbons (Fsp3) is 0.333. The van der Waals surface area contributed by atoms with Gasteiger partial charge in [0.2, 0.25) is 0 Å². The highest BCUT2D eigenvalue weighted by Crippen LogP contribution is 2.37. The molecule has 0 aliphatic heterocycles. The van der Waals surface area contributed by atoms with Gasteiger partial charge in [-0.3, -0.25) is 4.79 Å². The van der Waals surface area contributed by atoms with Crippen LogP contribution in [-0.2, 0) is 4.79 Å². The summed E-state index contributed by atoms with van der Waals surface area (Å²) in [5.41, 5.74) is 0.0959. The van der Waals surface area contributed by atoms with Crippen molar-refractivity contribution in [1.29, 1.82) is 0 Å². The molecule has 1 saturated carbocycles. The van der Waals surface area contributed by atoms with Gasteiger partial charge in [0, 0.05) is 18.8 Å². The average Bonchev–Trinajstić information content (AvgIpc) is 2.39. The molecule has 0 unspecified atom stereocenters. The summed E-state index contributed by atoms with van der Waals surface area (Å²) in [4.78, 5) is 23.5. The Hall–Kier alpha value is -2.10. The fourth-order valence-electron chi connectivity index (χ4n) is 2.78. The molecule has 1 N–H and O–H groups in total. The minimum atomic E-state index is -0.532. The van der Waals surface area contributed by atoms with Crippen LogP contribution in [0.3, 0.4) is 0 Å². The van der Waals surface area contributed by atoms with E-state index in [1.807, 2.05) is 0 Å². The van der Waals surface area contributed by atoms with Gasteiger partial charge in [0.05, 0.1) is 10.9 Å². The number of hydrogen-bond donors (Lipinski definition) is 1. The summed E-state index contributed by atoms with van der Waals surface area (Å²) in [6, 6.07) is 6.88. The maximum Gasteiger partial charge on any atom is 0.343 e. The average molecular weight is 258 g/mol. The van der Waals surface area contributed by atoms with E-state index in [0.717, 1.165) is 12.8 Å². The highest BCUT2D eigenvalue weighted by atomic mass is 16.4. The molecular weight excluding hydrogens is 244 g/mol. The molecule has 3 rings (SSSR count). The van der Waals surface area contributed by atoms with Crippen molar-refractivity contribution in [2.75, 3.05) is 0 Å². The predicted molar refractivity (Wildman–Crippen MR) is 70.4 cm³/mol. The topological polar surface area (TPSA) is 67.5 Å². The maximum atomic E-state index is 12.0. The van der Waals surface area contributed by atoms with Gasteiger partial charge in [-0.25, -0.2) is 4.79 Å². The lowest BCUT2D eigenvalue weighted by Crippen LogP contribution is -2.19. The number of benzene rings is 1. The third-order valence-electron chi connectivity index (χ3n) is 3.71. The van der Waals surface area contributed by atoms with Crippen molar-refractivity contribution < 1.29 is 14.3 Å². The lowest BCUT2D eigenvalue weighted by Gasteiger charge is -2.21. The second-order valence-electron chi connectivity index (χ2n) is 4.98. The number of carbonyl (C=O) groups is 1. The molecular formula is C15H14O4. The second-order valence-corrected chi connectivity index (χ2v) is 4.98. The van der Waals surface area contributed by atoms with E-state index in [2.05, 4.69) is 0 Å². The number of para-hydroxylation sites is 1. The first-order valence-corrected chi connectivity index (χ1v) is 6.43. The third-order valence-corrected chi connectivity index (χ3v) is 3.71. The molecule has 1 aliphatic carbocycles. The SMILES string of the molecule is O=C1CCC[C@H](c2c(O)c3ccccc3oc2=O)C1. The van der Waals surface area contributed by atoms with Crippen molar-refractivity contribution in [2.24, 2.45) is 0 Å². The summed E-state index contributed by atoms with van der Waals surface area (Å²) in [5, 5.41) is 10.8.